The number of rotatable bonds is 4. The molecule has 2 fully saturated rings. The minimum absolute atomic E-state index is 0.00540. The van der Waals surface area contributed by atoms with E-state index in [2.05, 4.69) is 16.5 Å². The van der Waals surface area contributed by atoms with Crippen molar-refractivity contribution >= 4 is 17.5 Å². The Hall–Kier alpha value is -3.34. The van der Waals surface area contributed by atoms with E-state index in [0.717, 1.165) is 17.8 Å². The molecule has 1 aliphatic carbocycles. The molecule has 3 aliphatic rings. The van der Waals surface area contributed by atoms with Gasteiger partial charge in [0.25, 0.3) is 5.91 Å². The molecule has 3 heterocycles. The molecule has 1 aromatic heterocycles. The van der Waals surface area contributed by atoms with Gasteiger partial charge in [-0.15, -0.1) is 0 Å². The summed E-state index contributed by atoms with van der Waals surface area (Å²) in [5, 5.41) is 12.0. The molecule has 0 spiro atoms. The Bertz CT molecular complexity index is 983. The van der Waals surface area contributed by atoms with Crippen LogP contribution in [0.2, 0.25) is 0 Å². The quantitative estimate of drug-likeness (QED) is 0.800. The van der Waals surface area contributed by atoms with Crippen molar-refractivity contribution in [2.75, 3.05) is 31.1 Å². The van der Waals surface area contributed by atoms with Gasteiger partial charge in [0, 0.05) is 42.5 Å². The molecule has 1 amide bonds. The monoisotopic (exact) mass is 390 g/mol. The van der Waals surface area contributed by atoms with E-state index in [4.69, 9.17) is 15.0 Å². The summed E-state index contributed by atoms with van der Waals surface area (Å²) in [6.07, 6.45) is 7.12. The SMILES string of the molecule is N#CN1CCC(NC(=O)c2ccc3c(c2)OCCN3c2nccc(C3CC3)n2)C1. The van der Waals surface area contributed by atoms with Crippen LogP contribution in [-0.2, 0) is 0 Å². The van der Waals surface area contributed by atoms with E-state index in [1.807, 2.05) is 23.2 Å². The largest absolute Gasteiger partial charge is 0.490 e. The van der Waals surface area contributed by atoms with Crippen LogP contribution < -0.4 is 15.0 Å². The number of hydrogen-bond acceptors (Lipinski definition) is 7. The van der Waals surface area contributed by atoms with E-state index < -0.39 is 0 Å². The summed E-state index contributed by atoms with van der Waals surface area (Å²) in [4.78, 5) is 25.6. The van der Waals surface area contributed by atoms with E-state index in [0.29, 0.717) is 49.4 Å². The fourth-order valence-electron chi connectivity index (χ4n) is 3.91. The zero-order valence-electron chi connectivity index (χ0n) is 16.0. The van der Waals surface area contributed by atoms with Crippen LogP contribution in [0.3, 0.4) is 0 Å². The third kappa shape index (κ3) is 3.56. The molecule has 0 bridgehead atoms. The lowest BCUT2D eigenvalue weighted by Crippen LogP contribution is -2.36. The fourth-order valence-corrected chi connectivity index (χ4v) is 3.91. The van der Waals surface area contributed by atoms with Gasteiger partial charge in [-0.25, -0.2) is 9.97 Å². The average molecular weight is 390 g/mol. The number of anilines is 2. The maximum atomic E-state index is 12.7. The molecule has 2 aliphatic heterocycles. The van der Waals surface area contributed by atoms with Crippen LogP contribution in [0.5, 0.6) is 5.75 Å². The minimum Gasteiger partial charge on any atom is -0.490 e. The molecule has 0 radical (unpaired) electrons. The Labute approximate surface area is 169 Å². The van der Waals surface area contributed by atoms with E-state index in [1.165, 1.54) is 12.8 Å². The van der Waals surface area contributed by atoms with Crippen LogP contribution in [-0.4, -0.2) is 53.1 Å². The molecule has 1 saturated heterocycles. The van der Waals surface area contributed by atoms with E-state index in [1.54, 1.807) is 17.0 Å². The van der Waals surface area contributed by atoms with E-state index in [9.17, 15) is 4.79 Å². The Morgan fingerprint density at radius 3 is 2.93 bits per heavy atom. The Kier molecular flexibility index (Phi) is 4.43. The van der Waals surface area contributed by atoms with Crippen molar-refractivity contribution in [1.82, 2.24) is 20.2 Å². The van der Waals surface area contributed by atoms with Crippen molar-refractivity contribution in [3.63, 3.8) is 0 Å². The first kappa shape index (κ1) is 17.7. The highest BCUT2D eigenvalue weighted by Gasteiger charge is 2.28. The number of ether oxygens (including phenoxy) is 1. The highest BCUT2D eigenvalue weighted by Crippen LogP contribution is 2.40. The summed E-state index contributed by atoms with van der Waals surface area (Å²) in [5.74, 6) is 1.76. The number of aromatic nitrogens is 2. The van der Waals surface area contributed by atoms with Crippen molar-refractivity contribution in [3.05, 3.63) is 41.7 Å². The van der Waals surface area contributed by atoms with Crippen molar-refractivity contribution in [2.24, 2.45) is 0 Å². The molecule has 1 aromatic carbocycles. The molecule has 5 rings (SSSR count). The van der Waals surface area contributed by atoms with Crippen molar-refractivity contribution in [2.45, 2.75) is 31.2 Å². The molecular formula is C21H22N6O2. The topological polar surface area (TPSA) is 94.4 Å². The van der Waals surface area contributed by atoms with Crippen LogP contribution in [0, 0.1) is 11.5 Å². The number of carbonyl (C=O) groups is 1. The van der Waals surface area contributed by atoms with Crippen molar-refractivity contribution in [1.29, 1.82) is 5.26 Å². The summed E-state index contributed by atoms with van der Waals surface area (Å²) in [6.45, 7) is 2.42. The summed E-state index contributed by atoms with van der Waals surface area (Å²) in [6, 6.07) is 7.46. The van der Waals surface area contributed by atoms with Gasteiger partial charge >= 0.3 is 0 Å². The zero-order valence-corrected chi connectivity index (χ0v) is 16.0. The molecule has 29 heavy (non-hydrogen) atoms. The second-order valence-electron chi connectivity index (χ2n) is 7.74. The van der Waals surface area contributed by atoms with Gasteiger partial charge in [-0.2, -0.15) is 5.26 Å². The van der Waals surface area contributed by atoms with Gasteiger partial charge in [0.15, 0.2) is 6.19 Å². The standard InChI is InChI=1S/C21H22N6O2/c22-13-26-8-6-16(12-26)24-20(28)15-3-4-18-19(11-15)29-10-9-27(18)21-23-7-5-17(25-21)14-1-2-14/h3-5,7,11,14,16H,1-2,6,8-10,12H2,(H,24,28). The fraction of sp³-hybridized carbons (Fsp3) is 0.429. The first-order valence-corrected chi connectivity index (χ1v) is 10.0. The van der Waals surface area contributed by atoms with E-state index >= 15 is 0 Å². The summed E-state index contributed by atoms with van der Waals surface area (Å²) >= 11 is 0. The molecule has 2 aromatic rings. The third-order valence-electron chi connectivity index (χ3n) is 5.65. The third-order valence-corrected chi connectivity index (χ3v) is 5.65. The Balaban J connectivity index is 1.35. The van der Waals surface area contributed by atoms with Crippen molar-refractivity contribution < 1.29 is 9.53 Å². The molecule has 1 N–H and O–H groups in total. The number of fused-ring (bicyclic) bond motifs is 1. The van der Waals surface area contributed by atoms with Gasteiger partial charge in [0.1, 0.15) is 12.4 Å². The second kappa shape index (κ2) is 7.24. The number of nitrogens with zero attached hydrogens (tertiary/aromatic N) is 5. The lowest BCUT2D eigenvalue weighted by molar-refractivity contribution is 0.0938. The number of likely N-dealkylation sites (tertiary alicyclic amines) is 1. The van der Waals surface area contributed by atoms with Gasteiger partial charge < -0.3 is 19.9 Å². The smallest absolute Gasteiger partial charge is 0.251 e. The lowest BCUT2D eigenvalue weighted by atomic mass is 10.1. The van der Waals surface area contributed by atoms with Crippen LogP contribution >= 0.6 is 0 Å². The predicted octanol–water partition coefficient (Wildman–Crippen LogP) is 2.17. The van der Waals surface area contributed by atoms with Crippen LogP contribution in [0.25, 0.3) is 0 Å². The maximum Gasteiger partial charge on any atom is 0.251 e. The minimum atomic E-state index is -0.148. The highest BCUT2D eigenvalue weighted by molar-refractivity contribution is 5.95. The zero-order chi connectivity index (χ0) is 19.8. The molecule has 1 unspecified atom stereocenters. The van der Waals surface area contributed by atoms with Crippen LogP contribution in [0.4, 0.5) is 11.6 Å². The molecule has 8 heteroatoms. The molecule has 8 nitrogen and oxygen atoms in total. The lowest BCUT2D eigenvalue weighted by Gasteiger charge is -2.30. The highest BCUT2D eigenvalue weighted by atomic mass is 16.5. The predicted molar refractivity (Wildman–Crippen MR) is 106 cm³/mol. The summed E-state index contributed by atoms with van der Waals surface area (Å²) in [7, 11) is 0. The second-order valence-corrected chi connectivity index (χ2v) is 7.74. The normalized spacial score (nSPS) is 20.6. The average Bonchev–Trinajstić information content (AvgIpc) is 3.52. The number of amides is 1. The molecule has 1 saturated carbocycles. The summed E-state index contributed by atoms with van der Waals surface area (Å²) < 4.78 is 5.83. The van der Waals surface area contributed by atoms with Crippen molar-refractivity contribution in [3.8, 4) is 11.9 Å². The van der Waals surface area contributed by atoms with Gasteiger partial charge in [-0.05, 0) is 43.5 Å². The maximum absolute atomic E-state index is 12.7. The number of carbonyl (C=O) groups excluding carboxylic acids is 1. The molecular weight excluding hydrogens is 368 g/mol. The first-order chi connectivity index (χ1) is 14.2. The molecule has 148 valence electrons. The first-order valence-electron chi connectivity index (χ1n) is 10.0. The number of hydrogen-bond donors (Lipinski definition) is 1. The van der Waals surface area contributed by atoms with Gasteiger partial charge in [-0.3, -0.25) is 4.79 Å². The Morgan fingerprint density at radius 1 is 1.24 bits per heavy atom. The van der Waals surface area contributed by atoms with Gasteiger partial charge in [-0.1, -0.05) is 0 Å². The van der Waals surface area contributed by atoms with Crippen LogP contribution in [0.15, 0.2) is 30.5 Å². The number of nitriles is 1. The number of benzene rings is 1. The van der Waals surface area contributed by atoms with E-state index in [-0.39, 0.29) is 11.9 Å². The molecule has 1 atom stereocenters. The summed E-state index contributed by atoms with van der Waals surface area (Å²) in [5.41, 5.74) is 2.52. The van der Waals surface area contributed by atoms with Gasteiger partial charge in [0.2, 0.25) is 5.95 Å². The number of nitrogens with one attached hydrogen (secondary N) is 1. The van der Waals surface area contributed by atoms with Crippen LogP contribution in [0.1, 0.15) is 41.2 Å². The Morgan fingerprint density at radius 2 is 2.14 bits per heavy atom. The van der Waals surface area contributed by atoms with Gasteiger partial charge in [0.05, 0.1) is 12.2 Å².